The van der Waals surface area contributed by atoms with Crippen molar-refractivity contribution in [1.29, 1.82) is 0 Å². The van der Waals surface area contributed by atoms with E-state index in [0.717, 1.165) is 46.6 Å². The van der Waals surface area contributed by atoms with E-state index in [1.165, 1.54) is 11.0 Å². The van der Waals surface area contributed by atoms with Gasteiger partial charge in [0, 0.05) is 20.6 Å². The Morgan fingerprint density at radius 1 is 0.969 bits per heavy atom. The summed E-state index contributed by atoms with van der Waals surface area (Å²) in [4.78, 5) is 39.4. The third kappa shape index (κ3) is 5.13. The quantitative estimate of drug-likeness (QED) is 0.381. The van der Waals surface area contributed by atoms with Crippen molar-refractivity contribution < 1.29 is 19.1 Å². The number of barbiturate groups is 1. The van der Waals surface area contributed by atoms with Gasteiger partial charge in [-0.1, -0.05) is 63.3 Å². The standard InChI is InChI=1S/C24H22Br2N2O4/c25-17-8-6-15(7-9-17)14-32-21-11-10-18(26)12-16(21)13-20-22(29)27-24(31)28(23(20)30)19-4-2-1-3-5-19/h6-13,19H,1-5,14H2,(H,27,29,31). The van der Waals surface area contributed by atoms with Crippen molar-refractivity contribution in [2.45, 2.75) is 44.8 Å². The van der Waals surface area contributed by atoms with Gasteiger partial charge >= 0.3 is 6.03 Å². The lowest BCUT2D eigenvalue weighted by Crippen LogP contribution is -2.58. The van der Waals surface area contributed by atoms with E-state index in [1.54, 1.807) is 12.1 Å². The van der Waals surface area contributed by atoms with Gasteiger partial charge in [0.15, 0.2) is 0 Å². The van der Waals surface area contributed by atoms with E-state index in [9.17, 15) is 14.4 Å². The zero-order valence-electron chi connectivity index (χ0n) is 17.3. The summed E-state index contributed by atoms with van der Waals surface area (Å²) < 4.78 is 7.75. The topological polar surface area (TPSA) is 75.7 Å². The van der Waals surface area contributed by atoms with Gasteiger partial charge in [-0.2, -0.15) is 0 Å². The van der Waals surface area contributed by atoms with Crippen molar-refractivity contribution in [3.05, 3.63) is 68.1 Å². The highest BCUT2D eigenvalue weighted by Gasteiger charge is 2.40. The molecule has 2 fully saturated rings. The molecule has 2 aromatic rings. The molecule has 1 aliphatic heterocycles. The van der Waals surface area contributed by atoms with Crippen LogP contribution in [-0.2, 0) is 16.2 Å². The average molecular weight is 562 g/mol. The number of nitrogens with zero attached hydrogens (tertiary/aromatic N) is 1. The van der Waals surface area contributed by atoms with Crippen LogP contribution in [-0.4, -0.2) is 28.8 Å². The first-order valence-corrected chi connectivity index (χ1v) is 12.1. The van der Waals surface area contributed by atoms with Gasteiger partial charge in [-0.3, -0.25) is 19.8 Å². The highest BCUT2D eigenvalue weighted by atomic mass is 79.9. The predicted molar refractivity (Wildman–Crippen MR) is 128 cm³/mol. The van der Waals surface area contributed by atoms with Crippen LogP contribution in [0.15, 0.2) is 57.0 Å². The Morgan fingerprint density at radius 3 is 2.38 bits per heavy atom. The second-order valence-electron chi connectivity index (χ2n) is 7.88. The van der Waals surface area contributed by atoms with E-state index in [4.69, 9.17) is 4.74 Å². The van der Waals surface area contributed by atoms with Gasteiger partial charge in [-0.15, -0.1) is 0 Å². The molecule has 4 rings (SSSR count). The largest absolute Gasteiger partial charge is 0.488 e. The van der Waals surface area contributed by atoms with Crippen molar-refractivity contribution in [3.63, 3.8) is 0 Å². The number of hydrogen-bond donors (Lipinski definition) is 1. The molecule has 1 saturated carbocycles. The number of amides is 4. The highest BCUT2D eigenvalue weighted by Crippen LogP contribution is 2.30. The van der Waals surface area contributed by atoms with Crippen LogP contribution in [0.3, 0.4) is 0 Å². The van der Waals surface area contributed by atoms with Crippen LogP contribution in [0.1, 0.15) is 43.2 Å². The fraction of sp³-hybridized carbons (Fsp3) is 0.292. The lowest BCUT2D eigenvalue weighted by atomic mass is 9.93. The van der Waals surface area contributed by atoms with Crippen LogP contribution >= 0.6 is 31.9 Å². The highest BCUT2D eigenvalue weighted by molar-refractivity contribution is 9.10. The summed E-state index contributed by atoms with van der Waals surface area (Å²) in [6.07, 6.45) is 6.06. The predicted octanol–water partition coefficient (Wildman–Crippen LogP) is 5.59. The van der Waals surface area contributed by atoms with Gasteiger partial charge < -0.3 is 4.74 Å². The fourth-order valence-corrected chi connectivity index (χ4v) is 4.65. The molecule has 1 aliphatic carbocycles. The number of ether oxygens (including phenoxy) is 1. The second-order valence-corrected chi connectivity index (χ2v) is 9.71. The maximum atomic E-state index is 13.2. The maximum absolute atomic E-state index is 13.2. The van der Waals surface area contributed by atoms with E-state index in [1.807, 2.05) is 30.3 Å². The molecule has 0 bridgehead atoms. The Labute approximate surface area is 203 Å². The van der Waals surface area contributed by atoms with Gasteiger partial charge in [0.2, 0.25) is 0 Å². The summed E-state index contributed by atoms with van der Waals surface area (Å²) >= 11 is 6.85. The summed E-state index contributed by atoms with van der Waals surface area (Å²) in [5.74, 6) is -0.708. The first-order chi connectivity index (χ1) is 15.4. The summed E-state index contributed by atoms with van der Waals surface area (Å²) in [5.41, 5.74) is 1.49. The number of urea groups is 1. The fourth-order valence-electron chi connectivity index (χ4n) is 4.00. The number of hydrogen-bond acceptors (Lipinski definition) is 4. The summed E-state index contributed by atoms with van der Waals surface area (Å²) in [6.45, 7) is 0.331. The van der Waals surface area contributed by atoms with Crippen molar-refractivity contribution in [3.8, 4) is 5.75 Å². The molecule has 0 aromatic heterocycles. The molecule has 2 aromatic carbocycles. The van der Waals surface area contributed by atoms with E-state index in [0.29, 0.717) is 17.9 Å². The van der Waals surface area contributed by atoms with Crippen LogP contribution in [0.25, 0.3) is 6.08 Å². The van der Waals surface area contributed by atoms with Crippen LogP contribution < -0.4 is 10.1 Å². The van der Waals surface area contributed by atoms with Crippen LogP contribution in [0.4, 0.5) is 4.79 Å². The molecule has 32 heavy (non-hydrogen) atoms. The molecule has 4 amide bonds. The number of imide groups is 2. The molecule has 8 heteroatoms. The summed E-state index contributed by atoms with van der Waals surface area (Å²) in [6, 6.07) is 12.4. The SMILES string of the molecule is O=C1NC(=O)N(C2CCCCC2)C(=O)C1=Cc1cc(Br)ccc1OCc1ccc(Br)cc1. The van der Waals surface area contributed by atoms with E-state index < -0.39 is 17.8 Å². The summed E-state index contributed by atoms with van der Waals surface area (Å²) in [7, 11) is 0. The Balaban J connectivity index is 1.61. The van der Waals surface area contributed by atoms with E-state index in [2.05, 4.69) is 37.2 Å². The van der Waals surface area contributed by atoms with Gasteiger partial charge in [0.25, 0.3) is 11.8 Å². The lowest BCUT2D eigenvalue weighted by Gasteiger charge is -2.35. The average Bonchev–Trinajstić information content (AvgIpc) is 2.78. The zero-order valence-corrected chi connectivity index (χ0v) is 20.4. The monoisotopic (exact) mass is 560 g/mol. The number of carbonyl (C=O) groups is 3. The Morgan fingerprint density at radius 2 is 1.66 bits per heavy atom. The molecule has 1 saturated heterocycles. The number of nitrogens with one attached hydrogen (secondary N) is 1. The second kappa shape index (κ2) is 10.0. The van der Waals surface area contributed by atoms with Crippen molar-refractivity contribution in [1.82, 2.24) is 10.2 Å². The minimum atomic E-state index is -0.689. The van der Waals surface area contributed by atoms with Gasteiger partial charge in [-0.05, 0) is 54.8 Å². The normalized spacial score (nSPS) is 18.8. The van der Waals surface area contributed by atoms with Crippen LogP contribution in [0.2, 0.25) is 0 Å². The van der Waals surface area contributed by atoms with E-state index in [-0.39, 0.29) is 11.6 Å². The van der Waals surface area contributed by atoms with E-state index >= 15 is 0 Å². The van der Waals surface area contributed by atoms with Gasteiger partial charge in [0.1, 0.15) is 17.9 Å². The Bertz CT molecular complexity index is 1080. The van der Waals surface area contributed by atoms with Crippen molar-refractivity contribution >= 4 is 55.8 Å². The number of rotatable bonds is 5. The number of benzene rings is 2. The third-order valence-electron chi connectivity index (χ3n) is 5.65. The van der Waals surface area contributed by atoms with Crippen LogP contribution in [0.5, 0.6) is 5.75 Å². The molecule has 2 aliphatic rings. The number of halogens is 2. The van der Waals surface area contributed by atoms with Crippen LogP contribution in [0, 0.1) is 0 Å². The Hall–Kier alpha value is -2.45. The molecule has 0 radical (unpaired) electrons. The minimum absolute atomic E-state index is 0.0678. The van der Waals surface area contributed by atoms with Gasteiger partial charge in [-0.25, -0.2) is 4.79 Å². The van der Waals surface area contributed by atoms with Gasteiger partial charge in [0.05, 0.1) is 0 Å². The molecule has 6 nitrogen and oxygen atoms in total. The maximum Gasteiger partial charge on any atom is 0.331 e. The minimum Gasteiger partial charge on any atom is -0.488 e. The smallest absolute Gasteiger partial charge is 0.331 e. The van der Waals surface area contributed by atoms with Crippen molar-refractivity contribution in [2.75, 3.05) is 0 Å². The first-order valence-electron chi connectivity index (χ1n) is 10.5. The summed E-state index contributed by atoms with van der Waals surface area (Å²) in [5, 5.41) is 2.33. The molecular weight excluding hydrogens is 540 g/mol. The molecular formula is C24H22Br2N2O4. The third-order valence-corrected chi connectivity index (χ3v) is 6.67. The zero-order chi connectivity index (χ0) is 22.7. The van der Waals surface area contributed by atoms with Crippen molar-refractivity contribution in [2.24, 2.45) is 0 Å². The molecule has 0 unspecified atom stereocenters. The number of carbonyl (C=O) groups excluding carboxylic acids is 3. The molecule has 0 spiro atoms. The molecule has 0 atom stereocenters. The first kappa shape index (κ1) is 22.7. The lowest BCUT2D eigenvalue weighted by molar-refractivity contribution is -0.132. The molecule has 1 heterocycles. The molecule has 1 N–H and O–H groups in total. The molecule has 166 valence electrons. The Kier molecular flexibility index (Phi) is 7.10.